The fourth-order valence-electron chi connectivity index (χ4n) is 3.79. The molecule has 27 heavy (non-hydrogen) atoms. The van der Waals surface area contributed by atoms with Crippen molar-refractivity contribution < 1.29 is 9.59 Å². The van der Waals surface area contributed by atoms with Gasteiger partial charge in [0.05, 0.1) is 5.92 Å². The lowest BCUT2D eigenvalue weighted by atomic mass is 10.1. The first kappa shape index (κ1) is 17.5. The van der Waals surface area contributed by atoms with Gasteiger partial charge in [0.2, 0.25) is 11.8 Å². The largest absolute Gasteiger partial charge is 0.372 e. The number of rotatable bonds is 4. The molecule has 2 aromatic rings. The summed E-state index contributed by atoms with van der Waals surface area (Å²) < 4.78 is 0. The molecule has 2 fully saturated rings. The van der Waals surface area contributed by atoms with Gasteiger partial charge in [0.25, 0.3) is 0 Å². The molecule has 0 spiro atoms. The van der Waals surface area contributed by atoms with Crippen LogP contribution in [0.2, 0.25) is 0 Å². The van der Waals surface area contributed by atoms with Crippen LogP contribution in [-0.4, -0.2) is 36.4 Å². The Morgan fingerprint density at radius 3 is 2.48 bits per heavy atom. The first-order valence-electron chi connectivity index (χ1n) is 9.50. The Bertz CT molecular complexity index is 844. The van der Waals surface area contributed by atoms with Crippen LogP contribution in [0.4, 0.5) is 17.2 Å². The highest BCUT2D eigenvalue weighted by molar-refractivity contribution is 6.03. The molecule has 0 radical (unpaired) electrons. The quantitative estimate of drug-likeness (QED) is 0.906. The van der Waals surface area contributed by atoms with Gasteiger partial charge in [-0.2, -0.15) is 0 Å². The van der Waals surface area contributed by atoms with Gasteiger partial charge >= 0.3 is 0 Å². The summed E-state index contributed by atoms with van der Waals surface area (Å²) in [4.78, 5) is 33.4. The second-order valence-corrected chi connectivity index (χ2v) is 7.27. The van der Waals surface area contributed by atoms with Crippen LogP contribution in [0.15, 0.2) is 42.5 Å². The van der Waals surface area contributed by atoms with Crippen molar-refractivity contribution in [1.29, 1.82) is 0 Å². The fraction of sp³-hybridized carbons (Fsp3) is 0.381. The Labute approximate surface area is 159 Å². The van der Waals surface area contributed by atoms with Crippen molar-refractivity contribution in [3.05, 3.63) is 48.2 Å². The van der Waals surface area contributed by atoms with Crippen LogP contribution in [0.25, 0.3) is 0 Å². The minimum Gasteiger partial charge on any atom is -0.372 e. The van der Waals surface area contributed by atoms with Gasteiger partial charge in [0.15, 0.2) is 0 Å². The van der Waals surface area contributed by atoms with Crippen LogP contribution >= 0.6 is 0 Å². The summed E-state index contributed by atoms with van der Waals surface area (Å²) in [7, 11) is 0. The number of benzene rings is 1. The lowest BCUT2D eigenvalue weighted by molar-refractivity contribution is -0.122. The van der Waals surface area contributed by atoms with Gasteiger partial charge in [-0.1, -0.05) is 6.07 Å². The number of carbonyl (C=O) groups excluding carboxylic acids is 2. The third-order valence-electron chi connectivity index (χ3n) is 5.27. The maximum atomic E-state index is 12.5. The number of aryl methyl sites for hydroxylation is 1. The highest BCUT2D eigenvalue weighted by Crippen LogP contribution is 2.29. The Balaban J connectivity index is 1.41. The highest BCUT2D eigenvalue weighted by atomic mass is 16.2. The molecule has 2 aliphatic rings. The van der Waals surface area contributed by atoms with Crippen molar-refractivity contribution in [2.24, 2.45) is 5.92 Å². The molecule has 6 heteroatoms. The predicted octanol–water partition coefficient (Wildman–Crippen LogP) is 2.98. The zero-order chi connectivity index (χ0) is 18.8. The van der Waals surface area contributed by atoms with E-state index in [1.807, 2.05) is 31.2 Å². The minimum absolute atomic E-state index is 0.0127. The molecule has 140 valence electrons. The van der Waals surface area contributed by atoms with E-state index < -0.39 is 0 Å². The predicted molar refractivity (Wildman–Crippen MR) is 106 cm³/mol. The standard InChI is InChI=1S/C21H24N4O2/c1-15-5-4-6-19(22-15)23-21(27)16-13-20(26)25(14-16)18-9-7-17(8-10-18)24-11-2-3-12-24/h4-10,16H,2-3,11-14H2,1H3,(H,22,23,27). The maximum Gasteiger partial charge on any atom is 0.230 e. The Morgan fingerprint density at radius 2 is 1.78 bits per heavy atom. The van der Waals surface area contributed by atoms with Gasteiger partial charge in [-0.15, -0.1) is 0 Å². The van der Waals surface area contributed by atoms with Crippen LogP contribution in [-0.2, 0) is 9.59 Å². The molecule has 2 aliphatic heterocycles. The smallest absolute Gasteiger partial charge is 0.230 e. The monoisotopic (exact) mass is 364 g/mol. The van der Waals surface area contributed by atoms with E-state index >= 15 is 0 Å². The topological polar surface area (TPSA) is 65.5 Å². The zero-order valence-corrected chi connectivity index (χ0v) is 15.5. The molecule has 0 bridgehead atoms. The average molecular weight is 364 g/mol. The number of amides is 2. The molecule has 6 nitrogen and oxygen atoms in total. The van der Waals surface area contributed by atoms with E-state index in [0.717, 1.165) is 24.5 Å². The molecule has 2 saturated heterocycles. The number of nitrogens with one attached hydrogen (secondary N) is 1. The molecule has 0 aliphatic carbocycles. The van der Waals surface area contributed by atoms with Gasteiger partial charge in [-0.05, 0) is 56.2 Å². The first-order chi connectivity index (χ1) is 13.1. The van der Waals surface area contributed by atoms with E-state index in [0.29, 0.717) is 12.4 Å². The van der Waals surface area contributed by atoms with E-state index in [4.69, 9.17) is 0 Å². The number of hydrogen-bond donors (Lipinski definition) is 1. The molecular weight excluding hydrogens is 340 g/mol. The number of aromatic nitrogens is 1. The van der Waals surface area contributed by atoms with Gasteiger partial charge in [0.1, 0.15) is 5.82 Å². The van der Waals surface area contributed by atoms with Crippen molar-refractivity contribution in [3.63, 3.8) is 0 Å². The van der Waals surface area contributed by atoms with Crippen LogP contribution in [0.3, 0.4) is 0 Å². The Hall–Kier alpha value is -2.89. The van der Waals surface area contributed by atoms with Crippen LogP contribution in [0.5, 0.6) is 0 Å². The summed E-state index contributed by atoms with van der Waals surface area (Å²) in [6.07, 6.45) is 2.70. The lowest BCUT2D eigenvalue weighted by Gasteiger charge is -2.20. The van der Waals surface area contributed by atoms with Crippen LogP contribution in [0.1, 0.15) is 25.0 Å². The minimum atomic E-state index is -0.363. The second-order valence-electron chi connectivity index (χ2n) is 7.27. The molecule has 4 rings (SSSR count). The summed E-state index contributed by atoms with van der Waals surface area (Å²) in [5, 5.41) is 2.83. The van der Waals surface area contributed by atoms with Crippen LogP contribution < -0.4 is 15.1 Å². The third-order valence-corrected chi connectivity index (χ3v) is 5.27. The zero-order valence-electron chi connectivity index (χ0n) is 15.5. The van der Waals surface area contributed by atoms with E-state index in [2.05, 4.69) is 27.3 Å². The molecule has 2 amide bonds. The van der Waals surface area contributed by atoms with E-state index in [-0.39, 0.29) is 24.2 Å². The normalized spacial score (nSPS) is 19.6. The number of hydrogen-bond acceptors (Lipinski definition) is 4. The van der Waals surface area contributed by atoms with E-state index in [9.17, 15) is 9.59 Å². The van der Waals surface area contributed by atoms with Crippen molar-refractivity contribution in [1.82, 2.24) is 4.98 Å². The molecule has 1 aromatic carbocycles. The molecule has 3 heterocycles. The van der Waals surface area contributed by atoms with E-state index in [1.54, 1.807) is 11.0 Å². The third kappa shape index (κ3) is 3.79. The second kappa shape index (κ2) is 7.39. The van der Waals surface area contributed by atoms with Crippen molar-refractivity contribution in [2.75, 3.05) is 34.8 Å². The SMILES string of the molecule is Cc1cccc(NC(=O)C2CC(=O)N(c3ccc(N4CCCC4)cc3)C2)n1. The molecule has 1 atom stereocenters. The molecule has 1 N–H and O–H groups in total. The van der Waals surface area contributed by atoms with Crippen molar-refractivity contribution in [2.45, 2.75) is 26.2 Å². The van der Waals surface area contributed by atoms with Crippen molar-refractivity contribution in [3.8, 4) is 0 Å². The van der Waals surface area contributed by atoms with Gasteiger partial charge in [-0.25, -0.2) is 4.98 Å². The van der Waals surface area contributed by atoms with Crippen molar-refractivity contribution >= 4 is 29.0 Å². The summed E-state index contributed by atoms with van der Waals surface area (Å²) in [5.74, 6) is -0.00199. The maximum absolute atomic E-state index is 12.5. The van der Waals surface area contributed by atoms with Gasteiger partial charge in [0, 0.05) is 43.1 Å². The Morgan fingerprint density at radius 1 is 1.07 bits per heavy atom. The average Bonchev–Trinajstić information content (AvgIpc) is 3.32. The first-order valence-corrected chi connectivity index (χ1v) is 9.50. The molecule has 1 aromatic heterocycles. The summed E-state index contributed by atoms with van der Waals surface area (Å²) in [5.41, 5.74) is 2.89. The molecule has 0 saturated carbocycles. The summed E-state index contributed by atoms with van der Waals surface area (Å²) in [6.45, 7) is 4.47. The van der Waals surface area contributed by atoms with E-state index in [1.165, 1.54) is 18.5 Å². The summed E-state index contributed by atoms with van der Waals surface area (Å²) >= 11 is 0. The van der Waals surface area contributed by atoms with Gasteiger partial charge < -0.3 is 15.1 Å². The molecular formula is C21H24N4O2. The number of nitrogens with zero attached hydrogens (tertiary/aromatic N) is 3. The summed E-state index contributed by atoms with van der Waals surface area (Å²) in [6, 6.07) is 13.6. The fourth-order valence-corrected chi connectivity index (χ4v) is 3.79. The lowest BCUT2D eigenvalue weighted by Crippen LogP contribution is -2.28. The number of pyridine rings is 1. The number of anilines is 3. The van der Waals surface area contributed by atoms with Gasteiger partial charge in [-0.3, -0.25) is 9.59 Å². The highest BCUT2D eigenvalue weighted by Gasteiger charge is 2.35. The van der Waals surface area contributed by atoms with Crippen LogP contribution in [0, 0.1) is 12.8 Å². The Kier molecular flexibility index (Phi) is 4.79. The molecule has 1 unspecified atom stereocenters. The number of carbonyl (C=O) groups is 2.